The van der Waals surface area contributed by atoms with Crippen LogP contribution >= 0.6 is 0 Å². The Labute approximate surface area is 622 Å². The van der Waals surface area contributed by atoms with Crippen LogP contribution in [0, 0.1) is 0 Å². The lowest BCUT2D eigenvalue weighted by Gasteiger charge is -2.10. The molecule has 0 atom stereocenters. The van der Waals surface area contributed by atoms with Gasteiger partial charge in [-0.25, -0.2) is 0 Å². The first-order chi connectivity index (χ1) is 53.6. The molecule has 6 heterocycles. The summed E-state index contributed by atoms with van der Waals surface area (Å²) in [6, 6.07) is 146. The first-order valence-corrected chi connectivity index (χ1v) is 37.1. The van der Waals surface area contributed by atoms with E-state index in [0.29, 0.717) is 0 Å². The highest BCUT2D eigenvalue weighted by Gasteiger charge is 2.25. The zero-order valence-electron chi connectivity index (χ0n) is 58.8. The van der Waals surface area contributed by atoms with Crippen LogP contribution in [0.4, 0.5) is 0 Å². The summed E-state index contributed by atoms with van der Waals surface area (Å²) in [6.45, 7) is 0. The second-order valence-corrected chi connectivity index (χ2v) is 28.3. The van der Waals surface area contributed by atoms with E-state index < -0.39 is 0 Å². The minimum atomic E-state index is 1.15. The van der Waals surface area contributed by atoms with Crippen molar-refractivity contribution >= 4 is 131 Å². The Bertz CT molecular complexity index is 7480. The largest absolute Gasteiger partial charge is 0.309 e. The summed E-state index contributed by atoms with van der Waals surface area (Å²) < 4.78 is 14.5. The molecule has 6 nitrogen and oxygen atoms in total. The van der Waals surface area contributed by atoms with Crippen LogP contribution in [0.1, 0.15) is 0 Å². The monoisotopic (exact) mass is 1370 g/mol. The number of nitrogens with zero attached hydrogens (tertiary/aromatic N) is 6. The van der Waals surface area contributed by atoms with Gasteiger partial charge in [0.25, 0.3) is 0 Å². The van der Waals surface area contributed by atoms with Crippen molar-refractivity contribution in [2.45, 2.75) is 0 Å². The van der Waals surface area contributed by atoms with Crippen molar-refractivity contribution in [3.63, 3.8) is 0 Å². The van der Waals surface area contributed by atoms with Crippen LogP contribution in [0.15, 0.2) is 400 Å². The van der Waals surface area contributed by atoms with Gasteiger partial charge in [0, 0.05) is 98.8 Å². The van der Waals surface area contributed by atoms with E-state index in [1.165, 1.54) is 170 Å². The summed E-state index contributed by atoms with van der Waals surface area (Å²) in [7, 11) is 0. The Kier molecular flexibility index (Phi) is 13.9. The summed E-state index contributed by atoms with van der Waals surface area (Å²) in [6.07, 6.45) is 0. The average Bonchev–Trinajstić information content (AvgIpc) is 1.55. The van der Waals surface area contributed by atoms with Crippen LogP contribution in [0.25, 0.3) is 198 Å². The SMILES string of the molecule is c1ccc(-c2ccc(-n3c4ccccc4c4cc(-c5ccc6c(c5)c5ccc7c(c8ccccc8n7-c7ccccc7)c5n6-c5ccccc5)ccc43)cc2)cc1.c1ccc(-n2c3ccccc3c3cc(-c4ccc5c(c4)c4ccc6c(c7ccccc7n6-c6ccccc6)c4n5-c4ccccc4)ccc32)cc1. The molecule has 23 aromatic rings. The highest BCUT2D eigenvalue weighted by molar-refractivity contribution is 6.28. The van der Waals surface area contributed by atoms with E-state index in [-0.39, 0.29) is 0 Å². The van der Waals surface area contributed by atoms with Gasteiger partial charge in [-0.3, -0.25) is 0 Å². The van der Waals surface area contributed by atoms with Crippen LogP contribution in [-0.2, 0) is 0 Å². The molecule has 0 fully saturated rings. The third kappa shape index (κ3) is 9.47. The highest BCUT2D eigenvalue weighted by Crippen LogP contribution is 2.47. The Morgan fingerprint density at radius 1 is 0.120 bits per heavy atom. The molecule has 0 aliphatic carbocycles. The molecule has 504 valence electrons. The number of rotatable bonds is 9. The van der Waals surface area contributed by atoms with E-state index in [0.717, 1.165) is 28.4 Å². The molecule has 0 bridgehead atoms. The number of fused-ring (bicyclic) bond motifs is 20. The van der Waals surface area contributed by atoms with Crippen LogP contribution < -0.4 is 0 Å². The maximum absolute atomic E-state index is 2.47. The van der Waals surface area contributed by atoms with Gasteiger partial charge in [0.2, 0.25) is 0 Å². The van der Waals surface area contributed by atoms with Crippen LogP contribution in [-0.4, -0.2) is 27.4 Å². The van der Waals surface area contributed by atoms with Crippen molar-refractivity contribution < 1.29 is 0 Å². The number of aromatic nitrogens is 6. The van der Waals surface area contributed by atoms with Crippen molar-refractivity contribution in [2.24, 2.45) is 0 Å². The minimum Gasteiger partial charge on any atom is -0.309 e. The van der Waals surface area contributed by atoms with Gasteiger partial charge in [-0.05, 0) is 191 Å². The zero-order chi connectivity index (χ0) is 70.9. The lowest BCUT2D eigenvalue weighted by molar-refractivity contribution is 1.17. The molecule has 0 aliphatic rings. The maximum atomic E-state index is 2.47. The maximum Gasteiger partial charge on any atom is 0.0641 e. The van der Waals surface area contributed by atoms with Crippen molar-refractivity contribution in [1.29, 1.82) is 0 Å². The summed E-state index contributed by atoms with van der Waals surface area (Å²) >= 11 is 0. The highest BCUT2D eigenvalue weighted by atomic mass is 15.0. The van der Waals surface area contributed by atoms with Crippen molar-refractivity contribution in [3.05, 3.63) is 400 Å². The van der Waals surface area contributed by atoms with Gasteiger partial charge in [-0.2, -0.15) is 0 Å². The van der Waals surface area contributed by atoms with Crippen LogP contribution in [0.5, 0.6) is 0 Å². The first kappa shape index (κ1) is 61.1. The molecule has 0 aliphatic heterocycles. The van der Waals surface area contributed by atoms with Gasteiger partial charge in [-0.1, -0.05) is 243 Å². The fourth-order valence-corrected chi connectivity index (χ4v) is 17.8. The molecular weight excluding hydrogens is 1310 g/mol. The molecule has 108 heavy (non-hydrogen) atoms. The molecule has 6 heteroatoms. The Balaban J connectivity index is 0.000000135. The van der Waals surface area contributed by atoms with E-state index in [2.05, 4.69) is 428 Å². The van der Waals surface area contributed by atoms with Crippen LogP contribution in [0.2, 0.25) is 0 Å². The molecule has 6 aromatic heterocycles. The molecule has 23 rings (SSSR count). The Morgan fingerprint density at radius 2 is 0.343 bits per heavy atom. The molecule has 0 saturated carbocycles. The van der Waals surface area contributed by atoms with Gasteiger partial charge in [0.05, 0.1) is 66.2 Å². The molecule has 0 amide bonds. The number of hydrogen-bond donors (Lipinski definition) is 0. The minimum absolute atomic E-state index is 1.15. The lowest BCUT2D eigenvalue weighted by Crippen LogP contribution is -1.95. The van der Waals surface area contributed by atoms with E-state index in [4.69, 9.17) is 0 Å². The second kappa shape index (κ2) is 24.6. The standard InChI is InChI=1S/C54H35N3.C48H31N3/c1-4-14-36(15-5-1)37-24-28-42(29-25-37)55-48-22-12-10-20-43(48)46-34-38(26-31-50(46)55)39-27-32-51-47(35-39)44-30-33-52-53(54(44)57(51)41-18-8-3-9-19-41)45-21-11-13-23-49(45)56(52)40-16-6-2-7-17-40;1-4-14-34(15-5-1)49-42-22-12-10-20-37(42)40-30-32(24-27-44(40)49)33-25-28-45-41(31-33)38-26-29-46-47(48(38)51(45)36-18-8-3-9-19-36)39-21-11-13-23-43(39)50(46)35-16-6-2-7-17-35/h1-35H;1-31H. The van der Waals surface area contributed by atoms with Gasteiger partial charge in [-0.15, -0.1) is 0 Å². The first-order valence-electron chi connectivity index (χ1n) is 37.1. The van der Waals surface area contributed by atoms with E-state index in [1.54, 1.807) is 0 Å². The zero-order valence-corrected chi connectivity index (χ0v) is 58.8. The third-order valence-electron chi connectivity index (χ3n) is 22.4. The summed E-state index contributed by atoms with van der Waals surface area (Å²) in [5.74, 6) is 0. The molecule has 0 spiro atoms. The van der Waals surface area contributed by atoms with Crippen molar-refractivity contribution in [3.8, 4) is 67.5 Å². The molecule has 0 N–H and O–H groups in total. The lowest BCUT2D eigenvalue weighted by atomic mass is 10.00. The summed E-state index contributed by atoms with van der Waals surface area (Å²) in [5, 5.41) is 15.0. The smallest absolute Gasteiger partial charge is 0.0641 e. The average molecular weight is 1380 g/mol. The van der Waals surface area contributed by atoms with Crippen LogP contribution in [0.3, 0.4) is 0 Å². The fourth-order valence-electron chi connectivity index (χ4n) is 17.8. The molecule has 0 radical (unpaired) electrons. The van der Waals surface area contributed by atoms with Gasteiger partial charge in [0.1, 0.15) is 0 Å². The fraction of sp³-hybridized carbons (Fsp3) is 0. The van der Waals surface area contributed by atoms with Crippen molar-refractivity contribution in [1.82, 2.24) is 27.4 Å². The van der Waals surface area contributed by atoms with Gasteiger partial charge >= 0.3 is 0 Å². The van der Waals surface area contributed by atoms with Gasteiger partial charge in [0.15, 0.2) is 0 Å². The van der Waals surface area contributed by atoms with Gasteiger partial charge < -0.3 is 27.4 Å². The quantitative estimate of drug-likeness (QED) is 0.138. The topological polar surface area (TPSA) is 29.6 Å². The predicted molar refractivity (Wildman–Crippen MR) is 455 cm³/mol. The number of hydrogen-bond acceptors (Lipinski definition) is 0. The predicted octanol–water partition coefficient (Wildman–Crippen LogP) is 27.0. The Morgan fingerprint density at radius 3 is 0.694 bits per heavy atom. The molecule has 0 saturated heterocycles. The Hall–Kier alpha value is -14.5. The summed E-state index contributed by atoms with van der Waals surface area (Å²) in [5.41, 5.74) is 28.7. The number of benzene rings is 17. The van der Waals surface area contributed by atoms with E-state index >= 15 is 0 Å². The molecular formula is C102H66N6. The summed E-state index contributed by atoms with van der Waals surface area (Å²) in [4.78, 5) is 0. The van der Waals surface area contributed by atoms with E-state index in [1.807, 2.05) is 0 Å². The molecule has 17 aromatic carbocycles. The normalized spacial score (nSPS) is 11.9. The second-order valence-electron chi connectivity index (χ2n) is 28.3. The number of para-hydroxylation sites is 9. The third-order valence-corrected chi connectivity index (χ3v) is 22.4. The van der Waals surface area contributed by atoms with Crippen molar-refractivity contribution in [2.75, 3.05) is 0 Å². The molecule has 0 unspecified atom stereocenters. The van der Waals surface area contributed by atoms with E-state index in [9.17, 15) is 0 Å².